The SMILES string of the molecule is O=C(c1cccnc1)N1CCC[C@@]2(CCN(Cc3ccccn3)C2)C1. The Balaban J connectivity index is 1.42. The first kappa shape index (κ1) is 16.2. The molecule has 0 saturated carbocycles. The van der Waals surface area contributed by atoms with Crippen molar-refractivity contribution in [2.75, 3.05) is 26.2 Å². The van der Waals surface area contributed by atoms with Crippen molar-refractivity contribution in [2.45, 2.75) is 25.8 Å². The average Bonchev–Trinajstić information content (AvgIpc) is 3.04. The lowest BCUT2D eigenvalue weighted by molar-refractivity contribution is 0.0526. The fourth-order valence-corrected chi connectivity index (χ4v) is 4.27. The van der Waals surface area contributed by atoms with Crippen molar-refractivity contribution >= 4 is 5.91 Å². The summed E-state index contributed by atoms with van der Waals surface area (Å²) >= 11 is 0. The van der Waals surface area contributed by atoms with Crippen LogP contribution in [-0.2, 0) is 6.54 Å². The van der Waals surface area contributed by atoms with Gasteiger partial charge in [0.1, 0.15) is 0 Å². The van der Waals surface area contributed by atoms with Crippen LogP contribution in [0.3, 0.4) is 0 Å². The molecule has 1 atom stereocenters. The van der Waals surface area contributed by atoms with Gasteiger partial charge in [-0.25, -0.2) is 0 Å². The number of piperidine rings is 1. The standard InChI is InChI=1S/C20H24N4O/c25-19(17-5-3-9-21-13-17)24-11-4-7-20(16-24)8-12-23(15-20)14-18-6-1-2-10-22-18/h1-3,5-6,9-10,13H,4,7-8,11-12,14-16H2/t20-/m0/s1. The summed E-state index contributed by atoms with van der Waals surface area (Å²) in [4.78, 5) is 25.8. The largest absolute Gasteiger partial charge is 0.338 e. The lowest BCUT2D eigenvalue weighted by Crippen LogP contribution is -2.47. The number of hydrogen-bond donors (Lipinski definition) is 0. The third kappa shape index (κ3) is 3.56. The van der Waals surface area contributed by atoms with Gasteiger partial charge in [0, 0.05) is 50.2 Å². The Morgan fingerprint density at radius 1 is 1.08 bits per heavy atom. The molecule has 5 heteroatoms. The number of carbonyl (C=O) groups is 1. The van der Waals surface area contributed by atoms with E-state index in [0.29, 0.717) is 5.56 Å². The van der Waals surface area contributed by atoms with Gasteiger partial charge in [-0.1, -0.05) is 6.07 Å². The zero-order valence-corrected chi connectivity index (χ0v) is 14.5. The third-order valence-corrected chi connectivity index (χ3v) is 5.49. The van der Waals surface area contributed by atoms with Gasteiger partial charge in [-0.15, -0.1) is 0 Å². The van der Waals surface area contributed by atoms with Crippen LogP contribution >= 0.6 is 0 Å². The quantitative estimate of drug-likeness (QED) is 0.864. The normalized spacial score (nSPS) is 23.9. The van der Waals surface area contributed by atoms with Crippen LogP contribution in [-0.4, -0.2) is 51.9 Å². The number of rotatable bonds is 3. The van der Waals surface area contributed by atoms with Gasteiger partial charge in [0.15, 0.2) is 0 Å². The molecule has 0 N–H and O–H groups in total. The summed E-state index contributed by atoms with van der Waals surface area (Å²) in [6, 6.07) is 9.78. The number of hydrogen-bond acceptors (Lipinski definition) is 4. The van der Waals surface area contributed by atoms with E-state index in [-0.39, 0.29) is 11.3 Å². The van der Waals surface area contributed by atoms with Crippen LogP contribution in [0.2, 0.25) is 0 Å². The highest BCUT2D eigenvalue weighted by atomic mass is 16.2. The van der Waals surface area contributed by atoms with E-state index >= 15 is 0 Å². The Hall–Kier alpha value is -2.27. The van der Waals surface area contributed by atoms with E-state index in [1.807, 2.05) is 35.4 Å². The molecule has 2 saturated heterocycles. The maximum absolute atomic E-state index is 12.8. The van der Waals surface area contributed by atoms with E-state index in [1.54, 1.807) is 12.4 Å². The zero-order chi connectivity index (χ0) is 17.1. The molecule has 2 aromatic rings. The molecule has 5 nitrogen and oxygen atoms in total. The minimum Gasteiger partial charge on any atom is -0.338 e. The number of aromatic nitrogens is 2. The average molecular weight is 336 g/mol. The topological polar surface area (TPSA) is 49.3 Å². The van der Waals surface area contributed by atoms with Gasteiger partial charge in [-0.05, 0) is 50.1 Å². The smallest absolute Gasteiger partial charge is 0.255 e. The lowest BCUT2D eigenvalue weighted by Gasteiger charge is -2.40. The van der Waals surface area contributed by atoms with E-state index in [4.69, 9.17) is 0 Å². The maximum atomic E-state index is 12.8. The first-order valence-corrected chi connectivity index (χ1v) is 9.06. The van der Waals surface area contributed by atoms with Crippen molar-refractivity contribution in [1.29, 1.82) is 0 Å². The number of pyridine rings is 2. The van der Waals surface area contributed by atoms with E-state index < -0.39 is 0 Å². The van der Waals surface area contributed by atoms with E-state index in [2.05, 4.69) is 20.9 Å². The van der Waals surface area contributed by atoms with E-state index in [1.165, 1.54) is 6.42 Å². The van der Waals surface area contributed by atoms with Crippen LogP contribution in [0.4, 0.5) is 0 Å². The highest BCUT2D eigenvalue weighted by molar-refractivity contribution is 5.94. The van der Waals surface area contributed by atoms with Gasteiger partial charge < -0.3 is 4.90 Å². The van der Waals surface area contributed by atoms with Crippen LogP contribution in [0, 0.1) is 5.41 Å². The summed E-state index contributed by atoms with van der Waals surface area (Å²) < 4.78 is 0. The second kappa shape index (κ2) is 6.92. The van der Waals surface area contributed by atoms with Crippen LogP contribution < -0.4 is 0 Å². The molecule has 2 aliphatic heterocycles. The first-order chi connectivity index (χ1) is 12.2. The number of likely N-dealkylation sites (tertiary alicyclic amines) is 2. The molecule has 0 radical (unpaired) electrons. The monoisotopic (exact) mass is 336 g/mol. The van der Waals surface area contributed by atoms with Gasteiger partial charge in [-0.3, -0.25) is 19.7 Å². The van der Waals surface area contributed by atoms with Crippen LogP contribution in [0.1, 0.15) is 35.3 Å². The van der Waals surface area contributed by atoms with Crippen molar-refractivity contribution in [3.05, 3.63) is 60.2 Å². The van der Waals surface area contributed by atoms with Crippen molar-refractivity contribution in [2.24, 2.45) is 5.41 Å². The fraction of sp³-hybridized carbons (Fsp3) is 0.450. The highest BCUT2D eigenvalue weighted by Crippen LogP contribution is 2.39. The molecule has 2 aromatic heterocycles. The van der Waals surface area contributed by atoms with Gasteiger partial charge in [-0.2, -0.15) is 0 Å². The summed E-state index contributed by atoms with van der Waals surface area (Å²) in [5, 5.41) is 0. The predicted molar refractivity (Wildman–Crippen MR) is 95.9 cm³/mol. The molecule has 4 rings (SSSR count). The molecule has 1 amide bonds. The Bertz CT molecular complexity index is 721. The fourth-order valence-electron chi connectivity index (χ4n) is 4.27. The highest BCUT2D eigenvalue weighted by Gasteiger charge is 2.42. The molecule has 4 heterocycles. The number of amides is 1. The summed E-state index contributed by atoms with van der Waals surface area (Å²) in [5.41, 5.74) is 2.06. The molecular formula is C20H24N4O. The molecule has 0 aromatic carbocycles. The van der Waals surface area contributed by atoms with Gasteiger partial charge >= 0.3 is 0 Å². The Kier molecular flexibility index (Phi) is 4.49. The van der Waals surface area contributed by atoms with Gasteiger partial charge in [0.2, 0.25) is 0 Å². The molecule has 0 aliphatic carbocycles. The van der Waals surface area contributed by atoms with Crippen molar-refractivity contribution in [3.63, 3.8) is 0 Å². The third-order valence-electron chi connectivity index (χ3n) is 5.49. The summed E-state index contributed by atoms with van der Waals surface area (Å²) in [7, 11) is 0. The van der Waals surface area contributed by atoms with Gasteiger partial charge in [0.05, 0.1) is 11.3 Å². The minimum atomic E-state index is 0.121. The Morgan fingerprint density at radius 3 is 2.84 bits per heavy atom. The number of nitrogens with zero attached hydrogens (tertiary/aromatic N) is 4. The van der Waals surface area contributed by atoms with E-state index in [0.717, 1.165) is 51.3 Å². The second-order valence-corrected chi connectivity index (χ2v) is 7.35. The summed E-state index contributed by atoms with van der Waals surface area (Å²) in [6.07, 6.45) is 8.70. The Labute approximate surface area is 148 Å². The molecular weight excluding hydrogens is 312 g/mol. The number of carbonyl (C=O) groups excluding carboxylic acids is 1. The van der Waals surface area contributed by atoms with Crippen molar-refractivity contribution < 1.29 is 4.79 Å². The molecule has 130 valence electrons. The van der Waals surface area contributed by atoms with Crippen molar-refractivity contribution in [1.82, 2.24) is 19.8 Å². The maximum Gasteiger partial charge on any atom is 0.255 e. The van der Waals surface area contributed by atoms with Gasteiger partial charge in [0.25, 0.3) is 5.91 Å². The molecule has 25 heavy (non-hydrogen) atoms. The summed E-state index contributed by atoms with van der Waals surface area (Å²) in [5.74, 6) is 0.121. The molecule has 0 bridgehead atoms. The van der Waals surface area contributed by atoms with Crippen molar-refractivity contribution in [3.8, 4) is 0 Å². The zero-order valence-electron chi connectivity index (χ0n) is 14.5. The summed E-state index contributed by atoms with van der Waals surface area (Å²) in [6.45, 7) is 4.76. The molecule has 2 fully saturated rings. The van der Waals surface area contributed by atoms with Crippen LogP contribution in [0.5, 0.6) is 0 Å². The minimum absolute atomic E-state index is 0.121. The van der Waals surface area contributed by atoms with Crippen LogP contribution in [0.25, 0.3) is 0 Å². The molecule has 1 spiro atoms. The van der Waals surface area contributed by atoms with Crippen LogP contribution in [0.15, 0.2) is 48.9 Å². The first-order valence-electron chi connectivity index (χ1n) is 9.06. The molecule has 2 aliphatic rings. The second-order valence-electron chi connectivity index (χ2n) is 7.35. The predicted octanol–water partition coefficient (Wildman–Crippen LogP) is 2.60. The molecule has 0 unspecified atom stereocenters. The van der Waals surface area contributed by atoms with E-state index in [9.17, 15) is 4.79 Å². The lowest BCUT2D eigenvalue weighted by atomic mass is 9.79. The Morgan fingerprint density at radius 2 is 2.04 bits per heavy atom.